The average Bonchev–Trinajstić information content (AvgIpc) is 2.88. The molecule has 34 heavy (non-hydrogen) atoms. The maximum absolute atomic E-state index is 13.2. The van der Waals surface area contributed by atoms with Gasteiger partial charge < -0.3 is 10.6 Å². The average molecular weight is 446 g/mol. The van der Waals surface area contributed by atoms with Crippen molar-refractivity contribution in [2.24, 2.45) is 0 Å². The van der Waals surface area contributed by atoms with Gasteiger partial charge in [-0.3, -0.25) is 19.2 Å². The summed E-state index contributed by atoms with van der Waals surface area (Å²) in [5.41, 5.74) is 2.77. The van der Waals surface area contributed by atoms with Crippen LogP contribution in [-0.4, -0.2) is 23.4 Å². The molecule has 2 amide bonds. The topological polar surface area (TPSA) is 92.3 Å². The van der Waals surface area contributed by atoms with E-state index in [2.05, 4.69) is 10.6 Å². The van der Waals surface area contributed by atoms with E-state index in [0.717, 1.165) is 0 Å². The summed E-state index contributed by atoms with van der Waals surface area (Å²) in [6, 6.07) is 26.7. The van der Waals surface area contributed by atoms with Crippen molar-refractivity contribution < 1.29 is 19.2 Å². The van der Waals surface area contributed by atoms with Gasteiger partial charge in [0, 0.05) is 44.8 Å². The van der Waals surface area contributed by atoms with Crippen LogP contribution in [0.5, 0.6) is 0 Å². The van der Waals surface area contributed by atoms with Crippen molar-refractivity contribution in [3.63, 3.8) is 0 Å². The van der Waals surface area contributed by atoms with Crippen molar-refractivity contribution in [3.8, 4) is 0 Å². The third-order valence-electron chi connectivity index (χ3n) is 5.61. The van der Waals surface area contributed by atoms with Gasteiger partial charge in [0.25, 0.3) is 11.8 Å². The van der Waals surface area contributed by atoms with Gasteiger partial charge in [0.1, 0.15) is 0 Å². The Morgan fingerprint density at radius 1 is 0.471 bits per heavy atom. The van der Waals surface area contributed by atoms with Crippen LogP contribution in [0.2, 0.25) is 0 Å². The highest BCUT2D eigenvalue weighted by Crippen LogP contribution is 2.31. The molecular weight excluding hydrogens is 428 g/mol. The lowest BCUT2D eigenvalue weighted by Gasteiger charge is -2.19. The first-order valence-corrected chi connectivity index (χ1v) is 10.6. The number of hydrogen-bond donors (Lipinski definition) is 2. The summed E-state index contributed by atoms with van der Waals surface area (Å²) in [6.07, 6.45) is 0. The Morgan fingerprint density at radius 2 is 0.853 bits per heavy atom. The molecule has 0 saturated carbocycles. The summed E-state index contributed by atoms with van der Waals surface area (Å²) in [6.45, 7) is 0. The van der Waals surface area contributed by atoms with Crippen molar-refractivity contribution in [1.82, 2.24) is 0 Å². The molecule has 4 aromatic rings. The summed E-state index contributed by atoms with van der Waals surface area (Å²) < 4.78 is 0. The molecule has 0 atom stereocenters. The van der Waals surface area contributed by atoms with Crippen molar-refractivity contribution in [2.45, 2.75) is 0 Å². The van der Waals surface area contributed by atoms with Gasteiger partial charge >= 0.3 is 0 Å². The molecule has 0 aromatic heterocycles. The van der Waals surface area contributed by atoms with Gasteiger partial charge in [0.15, 0.2) is 11.6 Å². The van der Waals surface area contributed by atoms with E-state index < -0.39 is 0 Å². The van der Waals surface area contributed by atoms with Crippen LogP contribution in [-0.2, 0) is 0 Å². The molecule has 0 radical (unpaired) electrons. The Balaban J connectivity index is 1.41. The predicted molar refractivity (Wildman–Crippen MR) is 129 cm³/mol. The van der Waals surface area contributed by atoms with Crippen LogP contribution in [0.15, 0.2) is 97.1 Å². The monoisotopic (exact) mass is 446 g/mol. The SMILES string of the molecule is O=C(Nc1ccc2c(c1)C(=O)c1ccc(NC(=O)c3ccccc3)cc1C2=O)c1ccccc1. The van der Waals surface area contributed by atoms with E-state index >= 15 is 0 Å². The summed E-state index contributed by atoms with van der Waals surface area (Å²) in [7, 11) is 0. The minimum atomic E-state index is -0.318. The first-order valence-electron chi connectivity index (χ1n) is 10.6. The van der Waals surface area contributed by atoms with Crippen LogP contribution in [0.3, 0.4) is 0 Å². The molecule has 0 unspecified atom stereocenters. The number of ketones is 2. The minimum absolute atomic E-state index is 0.226. The molecule has 2 N–H and O–H groups in total. The van der Waals surface area contributed by atoms with Gasteiger partial charge in [-0.15, -0.1) is 0 Å². The Morgan fingerprint density at radius 3 is 1.24 bits per heavy atom. The molecule has 4 aromatic carbocycles. The number of benzene rings is 4. The molecule has 0 bridgehead atoms. The number of carbonyl (C=O) groups excluding carboxylic acids is 4. The second kappa shape index (κ2) is 8.60. The number of nitrogens with one attached hydrogen (secondary N) is 2. The van der Waals surface area contributed by atoms with E-state index in [4.69, 9.17) is 0 Å². The van der Waals surface area contributed by atoms with E-state index in [1.54, 1.807) is 60.7 Å². The van der Waals surface area contributed by atoms with E-state index in [1.165, 1.54) is 24.3 Å². The van der Waals surface area contributed by atoms with E-state index in [9.17, 15) is 19.2 Å². The van der Waals surface area contributed by atoms with E-state index in [1.807, 2.05) is 12.1 Å². The number of fused-ring (bicyclic) bond motifs is 2. The molecule has 5 rings (SSSR count). The van der Waals surface area contributed by atoms with E-state index in [0.29, 0.717) is 22.5 Å². The summed E-state index contributed by atoms with van der Waals surface area (Å²) in [4.78, 5) is 51.2. The van der Waals surface area contributed by atoms with Crippen LogP contribution in [0, 0.1) is 0 Å². The zero-order chi connectivity index (χ0) is 23.7. The van der Waals surface area contributed by atoms with Gasteiger partial charge in [-0.2, -0.15) is 0 Å². The normalized spacial score (nSPS) is 11.9. The van der Waals surface area contributed by atoms with Crippen LogP contribution < -0.4 is 10.6 Å². The largest absolute Gasteiger partial charge is 0.322 e. The van der Waals surface area contributed by atoms with Gasteiger partial charge in [-0.25, -0.2) is 0 Å². The highest BCUT2D eigenvalue weighted by Gasteiger charge is 2.30. The number of amides is 2. The molecule has 6 heteroatoms. The summed E-state index contributed by atoms with van der Waals surface area (Å²) in [5, 5.41) is 5.53. The standard InChI is InChI=1S/C28H18N2O4/c31-25-22-14-12-20(30-28(34)18-9-5-2-6-10-18)16-24(22)26(32)21-13-11-19(15-23(21)25)29-27(33)17-7-3-1-4-8-17/h1-16H,(H,29,33)(H,30,34). The second-order valence-corrected chi connectivity index (χ2v) is 7.82. The first kappa shape index (κ1) is 21.0. The van der Waals surface area contributed by atoms with Crippen molar-refractivity contribution >= 4 is 34.8 Å². The maximum atomic E-state index is 13.2. The number of carbonyl (C=O) groups is 4. The fourth-order valence-electron chi connectivity index (χ4n) is 3.89. The van der Waals surface area contributed by atoms with Gasteiger partial charge in [-0.1, -0.05) is 36.4 Å². The van der Waals surface area contributed by atoms with Crippen LogP contribution in [0.4, 0.5) is 11.4 Å². The number of hydrogen-bond acceptors (Lipinski definition) is 4. The summed E-state index contributed by atoms with van der Waals surface area (Å²) in [5.74, 6) is -1.26. The second-order valence-electron chi connectivity index (χ2n) is 7.82. The Hall–Kier alpha value is -4.84. The smallest absolute Gasteiger partial charge is 0.255 e. The maximum Gasteiger partial charge on any atom is 0.255 e. The minimum Gasteiger partial charge on any atom is -0.322 e. The fraction of sp³-hybridized carbons (Fsp3) is 0. The van der Waals surface area contributed by atoms with Crippen LogP contribution in [0.25, 0.3) is 0 Å². The van der Waals surface area contributed by atoms with Crippen LogP contribution in [0.1, 0.15) is 52.6 Å². The molecule has 164 valence electrons. The lowest BCUT2D eigenvalue weighted by Crippen LogP contribution is -2.22. The summed E-state index contributed by atoms with van der Waals surface area (Å²) >= 11 is 0. The Bertz CT molecular complexity index is 1350. The lowest BCUT2D eigenvalue weighted by molar-refractivity contribution is 0.0979. The zero-order valence-electron chi connectivity index (χ0n) is 17.9. The van der Waals surface area contributed by atoms with Crippen molar-refractivity contribution in [1.29, 1.82) is 0 Å². The van der Waals surface area contributed by atoms with E-state index in [-0.39, 0.29) is 45.6 Å². The highest BCUT2D eigenvalue weighted by molar-refractivity contribution is 6.29. The highest BCUT2D eigenvalue weighted by atomic mass is 16.2. The predicted octanol–water partition coefficient (Wildman–Crippen LogP) is 4.97. The van der Waals surface area contributed by atoms with Crippen LogP contribution >= 0.6 is 0 Å². The Labute approximate surface area is 195 Å². The van der Waals surface area contributed by atoms with Crippen molar-refractivity contribution in [2.75, 3.05) is 10.6 Å². The molecule has 6 nitrogen and oxygen atoms in total. The molecule has 0 aliphatic heterocycles. The number of rotatable bonds is 4. The molecular formula is C28H18N2O4. The molecule has 0 saturated heterocycles. The third kappa shape index (κ3) is 3.89. The molecule has 0 fully saturated rings. The van der Waals surface area contributed by atoms with Gasteiger partial charge in [0.05, 0.1) is 0 Å². The number of anilines is 2. The molecule has 0 heterocycles. The van der Waals surface area contributed by atoms with Crippen molar-refractivity contribution in [3.05, 3.63) is 130 Å². The van der Waals surface area contributed by atoms with Gasteiger partial charge in [0.2, 0.25) is 0 Å². The quantitative estimate of drug-likeness (QED) is 0.408. The lowest BCUT2D eigenvalue weighted by atomic mass is 9.83. The molecule has 0 spiro atoms. The first-order chi connectivity index (χ1) is 16.5. The molecule has 1 aliphatic carbocycles. The third-order valence-corrected chi connectivity index (χ3v) is 5.61. The molecule has 1 aliphatic rings. The Kier molecular flexibility index (Phi) is 5.32. The van der Waals surface area contributed by atoms with Gasteiger partial charge in [-0.05, 0) is 60.7 Å². The zero-order valence-corrected chi connectivity index (χ0v) is 17.9. The fourth-order valence-corrected chi connectivity index (χ4v) is 3.89.